The maximum atomic E-state index is 14.4. The highest BCUT2D eigenvalue weighted by Crippen LogP contribution is 2.41. The number of Topliss-reactive ketones (excluding diaryl/α,β-unsaturated/α-hetero) is 1. The Balaban J connectivity index is 1.14. The van der Waals surface area contributed by atoms with Crippen LogP contribution in [0.25, 0.3) is 15.7 Å². The monoisotopic (exact) mass is 480 g/mol. The van der Waals surface area contributed by atoms with E-state index >= 15 is 0 Å². The smallest absolute Gasteiger partial charge is 0.185 e. The molecule has 0 atom stereocenters. The number of aromatic nitrogens is 6. The van der Waals surface area contributed by atoms with Crippen molar-refractivity contribution in [2.75, 3.05) is 0 Å². The molecule has 1 fully saturated rings. The predicted molar refractivity (Wildman–Crippen MR) is 124 cm³/mol. The number of halogens is 2. The standard InChI is InChI=1S/C23H18ClFN6OS/c24-15-7-8-30-12-26-17(23(30)22(15)25)5-6-19(32)18-10-31(29-28-18)11-21-27-16-4-3-14(13-1-2-13)9-20(16)33-21/h3-4,7-10,12-13H,1-2,5-6,11H2. The van der Waals surface area contributed by atoms with E-state index in [2.05, 4.69) is 38.5 Å². The normalized spacial score (nSPS) is 13.9. The van der Waals surface area contributed by atoms with Crippen LogP contribution in [0.4, 0.5) is 4.39 Å². The minimum atomic E-state index is -0.537. The molecule has 5 aromatic rings. The van der Waals surface area contributed by atoms with Crippen LogP contribution in [0.15, 0.2) is 43.0 Å². The van der Waals surface area contributed by atoms with E-state index < -0.39 is 5.82 Å². The van der Waals surface area contributed by atoms with Crippen LogP contribution in [0, 0.1) is 5.82 Å². The number of thiazole rings is 1. The second kappa shape index (κ2) is 8.00. The zero-order chi connectivity index (χ0) is 22.5. The summed E-state index contributed by atoms with van der Waals surface area (Å²) >= 11 is 7.53. The van der Waals surface area contributed by atoms with Gasteiger partial charge in [0.25, 0.3) is 0 Å². The van der Waals surface area contributed by atoms with Gasteiger partial charge in [0.2, 0.25) is 0 Å². The molecule has 33 heavy (non-hydrogen) atoms. The lowest BCUT2D eigenvalue weighted by Crippen LogP contribution is -2.03. The first-order chi connectivity index (χ1) is 16.0. The minimum absolute atomic E-state index is 0.0251. The highest BCUT2D eigenvalue weighted by atomic mass is 35.5. The van der Waals surface area contributed by atoms with E-state index in [1.54, 1.807) is 32.8 Å². The molecule has 0 bridgehead atoms. The van der Waals surface area contributed by atoms with Crippen LogP contribution in [-0.2, 0) is 13.0 Å². The number of fused-ring (bicyclic) bond motifs is 2. The first-order valence-electron chi connectivity index (χ1n) is 10.7. The number of rotatable bonds is 7. The number of ketones is 1. The zero-order valence-corrected chi connectivity index (χ0v) is 19.0. The van der Waals surface area contributed by atoms with Gasteiger partial charge in [0.15, 0.2) is 11.6 Å². The van der Waals surface area contributed by atoms with Crippen molar-refractivity contribution >= 4 is 44.5 Å². The quantitative estimate of drug-likeness (QED) is 0.304. The van der Waals surface area contributed by atoms with Gasteiger partial charge in [-0.2, -0.15) is 0 Å². The Labute approximate surface area is 196 Å². The lowest BCUT2D eigenvalue weighted by atomic mass is 10.1. The Morgan fingerprint density at radius 3 is 3.00 bits per heavy atom. The molecule has 1 aromatic carbocycles. The molecule has 0 unspecified atom stereocenters. The summed E-state index contributed by atoms with van der Waals surface area (Å²) in [5.41, 5.74) is 3.42. The van der Waals surface area contributed by atoms with Crippen LogP contribution < -0.4 is 0 Å². The Morgan fingerprint density at radius 2 is 2.15 bits per heavy atom. The fraction of sp³-hybridized carbons (Fsp3) is 0.261. The average Bonchev–Trinajstić information content (AvgIpc) is 3.23. The highest BCUT2D eigenvalue weighted by Gasteiger charge is 2.24. The fourth-order valence-electron chi connectivity index (χ4n) is 4.00. The summed E-state index contributed by atoms with van der Waals surface area (Å²) in [5.74, 6) is -0.00849. The summed E-state index contributed by atoms with van der Waals surface area (Å²) in [6, 6.07) is 7.95. The van der Waals surface area contributed by atoms with E-state index in [9.17, 15) is 9.18 Å². The topological polar surface area (TPSA) is 78.0 Å². The molecule has 6 rings (SSSR count). The number of aryl methyl sites for hydroxylation is 1. The third-order valence-corrected chi connectivity index (χ3v) is 7.18. The summed E-state index contributed by atoms with van der Waals surface area (Å²) in [4.78, 5) is 21.6. The molecule has 0 spiro atoms. The Morgan fingerprint density at radius 1 is 1.27 bits per heavy atom. The van der Waals surface area contributed by atoms with Gasteiger partial charge in [0.05, 0.1) is 40.0 Å². The molecule has 10 heteroatoms. The summed E-state index contributed by atoms with van der Waals surface area (Å²) in [6.45, 7) is 0.452. The maximum absolute atomic E-state index is 14.4. The molecule has 4 heterocycles. The number of nitrogens with zero attached hydrogens (tertiary/aromatic N) is 6. The zero-order valence-electron chi connectivity index (χ0n) is 17.4. The number of hydrogen-bond donors (Lipinski definition) is 0. The van der Waals surface area contributed by atoms with E-state index in [4.69, 9.17) is 11.6 Å². The van der Waals surface area contributed by atoms with E-state index in [-0.39, 0.29) is 29.3 Å². The molecule has 0 amide bonds. The Bertz CT molecular complexity index is 1520. The average molecular weight is 481 g/mol. The molecule has 0 saturated heterocycles. The molecule has 1 aliphatic carbocycles. The van der Waals surface area contributed by atoms with Crippen LogP contribution in [0.2, 0.25) is 5.02 Å². The van der Waals surface area contributed by atoms with Crippen molar-refractivity contribution in [3.63, 3.8) is 0 Å². The van der Waals surface area contributed by atoms with Crippen LogP contribution in [0.1, 0.15) is 51.9 Å². The second-order valence-corrected chi connectivity index (χ2v) is 9.78. The highest BCUT2D eigenvalue weighted by molar-refractivity contribution is 7.18. The molecular formula is C23H18ClFN6OS. The number of carbonyl (C=O) groups is 1. The van der Waals surface area contributed by atoms with Gasteiger partial charge >= 0.3 is 0 Å². The van der Waals surface area contributed by atoms with E-state index in [1.807, 2.05) is 0 Å². The van der Waals surface area contributed by atoms with Gasteiger partial charge in [-0.15, -0.1) is 16.4 Å². The molecule has 0 N–H and O–H groups in total. The van der Waals surface area contributed by atoms with Crippen molar-refractivity contribution in [2.45, 2.75) is 38.1 Å². The fourth-order valence-corrected chi connectivity index (χ4v) is 5.15. The summed E-state index contributed by atoms with van der Waals surface area (Å²) in [6.07, 6.45) is 7.74. The molecular weight excluding hydrogens is 463 g/mol. The molecule has 7 nitrogen and oxygen atoms in total. The maximum Gasteiger partial charge on any atom is 0.185 e. The lowest BCUT2D eigenvalue weighted by Gasteiger charge is -2.01. The van der Waals surface area contributed by atoms with Crippen molar-refractivity contribution in [1.29, 1.82) is 0 Å². The summed E-state index contributed by atoms with van der Waals surface area (Å²) < 4.78 is 18.7. The Hall–Kier alpha value is -3.17. The van der Waals surface area contributed by atoms with Gasteiger partial charge in [0.1, 0.15) is 16.2 Å². The number of hydrogen-bond acceptors (Lipinski definition) is 6. The van der Waals surface area contributed by atoms with Crippen molar-refractivity contribution < 1.29 is 9.18 Å². The van der Waals surface area contributed by atoms with Crippen molar-refractivity contribution in [1.82, 2.24) is 29.4 Å². The first kappa shape index (κ1) is 20.4. The van der Waals surface area contributed by atoms with E-state index in [0.717, 1.165) is 10.5 Å². The van der Waals surface area contributed by atoms with Crippen LogP contribution in [0.5, 0.6) is 0 Å². The minimum Gasteiger partial charge on any atom is -0.303 e. The molecule has 4 aromatic heterocycles. The molecule has 0 aliphatic heterocycles. The van der Waals surface area contributed by atoms with Gasteiger partial charge in [-0.3, -0.25) is 4.79 Å². The number of benzene rings is 1. The van der Waals surface area contributed by atoms with Gasteiger partial charge in [0, 0.05) is 12.6 Å². The number of carbonyl (C=O) groups excluding carboxylic acids is 1. The molecule has 0 radical (unpaired) electrons. The Kier molecular flexibility index (Phi) is 4.95. The van der Waals surface area contributed by atoms with Crippen LogP contribution >= 0.6 is 22.9 Å². The molecule has 1 aliphatic rings. The predicted octanol–water partition coefficient (Wildman–Crippen LogP) is 5.07. The third-order valence-electron chi connectivity index (χ3n) is 5.88. The van der Waals surface area contributed by atoms with Crippen molar-refractivity contribution in [2.24, 2.45) is 0 Å². The second-order valence-electron chi connectivity index (χ2n) is 8.26. The van der Waals surface area contributed by atoms with Gasteiger partial charge in [-0.25, -0.2) is 19.0 Å². The van der Waals surface area contributed by atoms with Crippen LogP contribution in [-0.4, -0.2) is 35.1 Å². The van der Waals surface area contributed by atoms with Crippen molar-refractivity contribution in [3.05, 3.63) is 75.8 Å². The summed E-state index contributed by atoms with van der Waals surface area (Å²) in [5, 5.41) is 9.06. The third kappa shape index (κ3) is 3.91. The summed E-state index contributed by atoms with van der Waals surface area (Å²) in [7, 11) is 0. The SMILES string of the molecule is O=C(CCc1ncn2ccc(Cl)c(F)c12)c1cn(Cc2nc3ccc(C4CC4)cc3s2)nn1. The first-order valence-corrected chi connectivity index (χ1v) is 11.9. The van der Waals surface area contributed by atoms with E-state index in [0.29, 0.717) is 23.7 Å². The number of pyridine rings is 1. The van der Waals surface area contributed by atoms with Crippen LogP contribution in [0.3, 0.4) is 0 Å². The van der Waals surface area contributed by atoms with Gasteiger partial charge in [-0.1, -0.05) is 22.9 Å². The van der Waals surface area contributed by atoms with Gasteiger partial charge in [-0.05, 0) is 48.9 Å². The largest absolute Gasteiger partial charge is 0.303 e. The van der Waals surface area contributed by atoms with E-state index in [1.165, 1.54) is 35.5 Å². The number of imidazole rings is 1. The van der Waals surface area contributed by atoms with Crippen molar-refractivity contribution in [3.8, 4) is 0 Å². The van der Waals surface area contributed by atoms with Gasteiger partial charge < -0.3 is 4.40 Å². The molecule has 1 saturated carbocycles. The molecule has 166 valence electrons. The lowest BCUT2D eigenvalue weighted by molar-refractivity contribution is 0.0977.